The molecule has 3 amide bonds. The zero-order valence-electron chi connectivity index (χ0n) is 10.1. The molecular weight excluding hydrogens is 236 g/mol. The second-order valence-electron chi connectivity index (χ2n) is 3.82. The number of hydrogen-bond acceptors (Lipinski definition) is 5. The van der Waals surface area contributed by atoms with Crippen LogP contribution >= 0.6 is 0 Å². The van der Waals surface area contributed by atoms with Crippen LogP contribution in [0.1, 0.15) is 6.92 Å². The molecule has 4 N–H and O–H groups in total. The van der Waals surface area contributed by atoms with Gasteiger partial charge >= 0.3 is 6.03 Å². The second kappa shape index (κ2) is 4.53. The molecule has 1 heterocycles. The normalized spacial score (nSPS) is 17.8. The van der Waals surface area contributed by atoms with Crippen molar-refractivity contribution >= 4 is 23.3 Å². The summed E-state index contributed by atoms with van der Waals surface area (Å²) in [6.45, 7) is 1.58. The Labute approximate surface area is 104 Å². The van der Waals surface area contributed by atoms with E-state index in [0.717, 1.165) is 10.6 Å². The average molecular weight is 250 g/mol. The van der Waals surface area contributed by atoms with E-state index < -0.39 is 18.0 Å². The first-order chi connectivity index (χ1) is 8.58. The third-order valence-electron chi connectivity index (χ3n) is 2.69. The van der Waals surface area contributed by atoms with Gasteiger partial charge < -0.3 is 10.1 Å². The SMILES string of the molecule is CNc1ccc2c(c1)N(C(=O)NN)C(=O)C(C)O2. The fraction of sp³-hybridized carbons (Fsp3) is 0.273. The van der Waals surface area contributed by atoms with E-state index in [-0.39, 0.29) is 0 Å². The summed E-state index contributed by atoms with van der Waals surface area (Å²) in [6, 6.07) is 4.44. The Hall–Kier alpha value is -2.28. The number of nitrogens with two attached hydrogens (primary N) is 1. The summed E-state index contributed by atoms with van der Waals surface area (Å²) >= 11 is 0. The van der Waals surface area contributed by atoms with Crippen LogP contribution in [0.15, 0.2) is 18.2 Å². The molecule has 1 aliphatic heterocycles. The predicted molar refractivity (Wildman–Crippen MR) is 66.3 cm³/mol. The van der Waals surface area contributed by atoms with Gasteiger partial charge in [0.25, 0.3) is 5.91 Å². The topological polar surface area (TPSA) is 96.7 Å². The molecule has 1 aliphatic rings. The highest BCUT2D eigenvalue weighted by Gasteiger charge is 2.35. The van der Waals surface area contributed by atoms with Gasteiger partial charge in [-0.25, -0.2) is 15.5 Å². The van der Waals surface area contributed by atoms with Crippen LogP contribution in [0.5, 0.6) is 5.75 Å². The summed E-state index contributed by atoms with van der Waals surface area (Å²) in [7, 11) is 1.74. The van der Waals surface area contributed by atoms with Gasteiger partial charge in [-0.1, -0.05) is 0 Å². The zero-order chi connectivity index (χ0) is 13.3. The minimum atomic E-state index is -0.727. The lowest BCUT2D eigenvalue weighted by atomic mass is 10.2. The van der Waals surface area contributed by atoms with Gasteiger partial charge in [-0.15, -0.1) is 0 Å². The van der Waals surface area contributed by atoms with E-state index in [1.807, 2.05) is 5.43 Å². The minimum absolute atomic E-state index is 0.368. The Balaban J connectivity index is 2.53. The van der Waals surface area contributed by atoms with Crippen molar-refractivity contribution in [1.29, 1.82) is 0 Å². The summed E-state index contributed by atoms with van der Waals surface area (Å²) in [6.07, 6.45) is -0.727. The van der Waals surface area contributed by atoms with Gasteiger partial charge in [0.2, 0.25) is 0 Å². The molecule has 0 saturated carbocycles. The van der Waals surface area contributed by atoms with Crippen LogP contribution in [0.3, 0.4) is 0 Å². The highest BCUT2D eigenvalue weighted by atomic mass is 16.5. The first kappa shape index (κ1) is 12.2. The van der Waals surface area contributed by atoms with E-state index in [0.29, 0.717) is 11.4 Å². The molecule has 0 spiro atoms. The maximum absolute atomic E-state index is 12.0. The molecule has 1 atom stereocenters. The molecule has 7 nitrogen and oxygen atoms in total. The summed E-state index contributed by atoms with van der Waals surface area (Å²) in [5, 5.41) is 2.92. The fourth-order valence-electron chi connectivity index (χ4n) is 1.76. The van der Waals surface area contributed by atoms with Gasteiger partial charge in [0.15, 0.2) is 6.10 Å². The van der Waals surface area contributed by atoms with Crippen molar-refractivity contribution in [2.45, 2.75) is 13.0 Å². The molecule has 0 saturated heterocycles. The summed E-state index contributed by atoms with van der Waals surface area (Å²) < 4.78 is 5.43. The van der Waals surface area contributed by atoms with Gasteiger partial charge in [0.05, 0.1) is 5.69 Å². The number of rotatable bonds is 1. The molecule has 1 unspecified atom stereocenters. The summed E-state index contributed by atoms with van der Waals surface area (Å²) in [4.78, 5) is 24.6. The zero-order valence-corrected chi connectivity index (χ0v) is 10.1. The monoisotopic (exact) mass is 250 g/mol. The first-order valence-electron chi connectivity index (χ1n) is 5.41. The van der Waals surface area contributed by atoms with Crippen LogP contribution in [0.25, 0.3) is 0 Å². The number of hydrazine groups is 1. The highest BCUT2D eigenvalue weighted by molar-refractivity contribution is 6.17. The van der Waals surface area contributed by atoms with E-state index >= 15 is 0 Å². The number of imide groups is 1. The number of nitrogens with zero attached hydrogens (tertiary/aromatic N) is 1. The molecule has 0 aliphatic carbocycles. The van der Waals surface area contributed by atoms with Crippen LogP contribution in [0.4, 0.5) is 16.2 Å². The quantitative estimate of drug-likeness (QED) is 0.381. The van der Waals surface area contributed by atoms with Crippen molar-refractivity contribution < 1.29 is 14.3 Å². The van der Waals surface area contributed by atoms with Crippen LogP contribution in [0, 0.1) is 0 Å². The smallest absolute Gasteiger partial charge is 0.343 e. The standard InChI is InChI=1S/C11H14N4O3/c1-6-10(16)15(11(17)14-12)8-5-7(13-2)3-4-9(8)18-6/h3-6,13H,12H2,1-2H3,(H,14,17). The largest absolute Gasteiger partial charge is 0.479 e. The van der Waals surface area contributed by atoms with Crippen LogP contribution in [-0.4, -0.2) is 25.1 Å². The van der Waals surface area contributed by atoms with Crippen molar-refractivity contribution in [3.8, 4) is 5.75 Å². The van der Waals surface area contributed by atoms with Crippen molar-refractivity contribution in [1.82, 2.24) is 5.43 Å². The third kappa shape index (κ3) is 1.84. The molecular formula is C11H14N4O3. The Morgan fingerprint density at radius 3 is 2.83 bits per heavy atom. The number of urea groups is 1. The van der Waals surface area contributed by atoms with Gasteiger partial charge in [0, 0.05) is 12.7 Å². The molecule has 1 aromatic carbocycles. The number of hydrogen-bond donors (Lipinski definition) is 3. The molecule has 2 rings (SSSR count). The molecule has 0 aromatic heterocycles. The summed E-state index contributed by atoms with van der Waals surface area (Å²) in [5.74, 6) is 5.09. The van der Waals surface area contributed by atoms with Crippen molar-refractivity contribution in [2.24, 2.45) is 5.84 Å². The molecule has 0 radical (unpaired) electrons. The maximum atomic E-state index is 12.0. The van der Waals surface area contributed by atoms with Crippen molar-refractivity contribution in [3.63, 3.8) is 0 Å². The van der Waals surface area contributed by atoms with E-state index in [2.05, 4.69) is 5.32 Å². The Morgan fingerprint density at radius 1 is 1.50 bits per heavy atom. The third-order valence-corrected chi connectivity index (χ3v) is 2.69. The number of ether oxygens (including phenoxy) is 1. The lowest BCUT2D eigenvalue weighted by molar-refractivity contribution is -0.124. The number of fused-ring (bicyclic) bond motifs is 1. The Kier molecular flexibility index (Phi) is 3.07. The first-order valence-corrected chi connectivity index (χ1v) is 5.41. The number of nitrogens with one attached hydrogen (secondary N) is 2. The van der Waals surface area contributed by atoms with Crippen LogP contribution in [-0.2, 0) is 4.79 Å². The number of carbonyl (C=O) groups is 2. The van der Waals surface area contributed by atoms with E-state index in [9.17, 15) is 9.59 Å². The average Bonchev–Trinajstić information content (AvgIpc) is 2.39. The Bertz CT molecular complexity index is 503. The van der Waals surface area contributed by atoms with Gasteiger partial charge in [-0.05, 0) is 25.1 Å². The predicted octanol–water partition coefficient (Wildman–Crippen LogP) is 0.425. The number of benzene rings is 1. The Morgan fingerprint density at radius 2 is 2.22 bits per heavy atom. The van der Waals surface area contributed by atoms with Crippen molar-refractivity contribution in [2.75, 3.05) is 17.3 Å². The molecule has 18 heavy (non-hydrogen) atoms. The lowest BCUT2D eigenvalue weighted by Crippen LogP contribution is -2.53. The number of anilines is 2. The molecule has 7 heteroatoms. The lowest BCUT2D eigenvalue weighted by Gasteiger charge is -2.31. The van der Waals surface area contributed by atoms with Gasteiger partial charge in [-0.2, -0.15) is 0 Å². The molecule has 1 aromatic rings. The van der Waals surface area contributed by atoms with Crippen molar-refractivity contribution in [3.05, 3.63) is 18.2 Å². The molecule has 96 valence electrons. The molecule has 0 fully saturated rings. The van der Waals surface area contributed by atoms with Gasteiger partial charge in [0.1, 0.15) is 5.75 Å². The minimum Gasteiger partial charge on any atom is -0.479 e. The van der Waals surface area contributed by atoms with E-state index in [4.69, 9.17) is 10.6 Å². The van der Waals surface area contributed by atoms with Crippen LogP contribution in [0.2, 0.25) is 0 Å². The number of amides is 3. The molecule has 0 bridgehead atoms. The van der Waals surface area contributed by atoms with E-state index in [1.165, 1.54) is 0 Å². The highest BCUT2D eigenvalue weighted by Crippen LogP contribution is 2.36. The van der Waals surface area contributed by atoms with Gasteiger partial charge in [-0.3, -0.25) is 10.2 Å². The maximum Gasteiger partial charge on any atom is 0.343 e. The number of carbonyl (C=O) groups excluding carboxylic acids is 2. The van der Waals surface area contributed by atoms with E-state index in [1.54, 1.807) is 32.2 Å². The fourth-order valence-corrected chi connectivity index (χ4v) is 1.76. The summed E-state index contributed by atoms with van der Waals surface area (Å²) in [5.41, 5.74) is 3.08. The second-order valence-corrected chi connectivity index (χ2v) is 3.82. The van der Waals surface area contributed by atoms with Crippen LogP contribution < -0.4 is 26.2 Å².